The van der Waals surface area contributed by atoms with Crippen molar-refractivity contribution < 1.29 is 0 Å². The molecule has 0 spiro atoms. The fourth-order valence-corrected chi connectivity index (χ4v) is 0.786. The fraction of sp³-hybridized carbons (Fsp3) is 1.00. The average molecular weight is 133 g/mol. The summed E-state index contributed by atoms with van der Waals surface area (Å²) in [5.74, 6) is 0. The van der Waals surface area contributed by atoms with Gasteiger partial charge in [-0.2, -0.15) is 12.6 Å². The lowest BCUT2D eigenvalue weighted by Gasteiger charge is -2.00. The van der Waals surface area contributed by atoms with Gasteiger partial charge in [0.1, 0.15) is 0 Å². The van der Waals surface area contributed by atoms with Crippen LogP contribution in [0.15, 0.2) is 0 Å². The van der Waals surface area contributed by atoms with Gasteiger partial charge in [-0.15, -0.1) is 0 Å². The molecule has 2 heteroatoms. The number of hydrogen-bond donors (Lipinski definition) is 2. The number of nitrogens with two attached hydrogens (primary N) is 1. The Morgan fingerprint density at radius 1 is 1.50 bits per heavy atom. The van der Waals surface area contributed by atoms with Gasteiger partial charge in [-0.25, -0.2) is 0 Å². The van der Waals surface area contributed by atoms with Crippen molar-refractivity contribution in [2.24, 2.45) is 5.73 Å². The molecule has 0 saturated heterocycles. The van der Waals surface area contributed by atoms with Crippen LogP contribution in [0.25, 0.3) is 0 Å². The molecule has 0 aliphatic carbocycles. The van der Waals surface area contributed by atoms with Crippen LogP contribution in [-0.2, 0) is 0 Å². The van der Waals surface area contributed by atoms with Crippen molar-refractivity contribution in [2.45, 2.75) is 38.0 Å². The van der Waals surface area contributed by atoms with Crippen molar-refractivity contribution in [2.75, 3.05) is 0 Å². The van der Waals surface area contributed by atoms with Crippen LogP contribution in [0.2, 0.25) is 0 Å². The van der Waals surface area contributed by atoms with Crippen molar-refractivity contribution >= 4 is 12.6 Å². The first kappa shape index (κ1) is 8.31. The summed E-state index contributed by atoms with van der Waals surface area (Å²) >= 11 is 4.05. The average Bonchev–Trinajstić information content (AvgIpc) is 1.66. The molecule has 0 heterocycles. The molecule has 1 unspecified atom stereocenters. The second-order valence-corrected chi connectivity index (χ2v) is 2.73. The minimum absolute atomic E-state index is 0.0987. The molecule has 1 atom stereocenters. The lowest BCUT2D eigenvalue weighted by atomic mass is 10.2. The van der Waals surface area contributed by atoms with Crippen molar-refractivity contribution in [3.05, 3.63) is 0 Å². The predicted octanol–water partition coefficient (Wildman–Crippen LogP) is 1.78. The largest absolute Gasteiger partial charge is 0.320 e. The van der Waals surface area contributed by atoms with E-state index < -0.39 is 0 Å². The molecule has 0 amide bonds. The summed E-state index contributed by atoms with van der Waals surface area (Å²) in [4.78, 5) is 0. The quantitative estimate of drug-likeness (QED) is 0.341. The fourth-order valence-electron chi connectivity index (χ4n) is 0.603. The maximum atomic E-state index is 5.40. The summed E-state index contributed by atoms with van der Waals surface area (Å²) < 4.78 is 0. The molecule has 8 heavy (non-hydrogen) atoms. The molecule has 0 aromatic heterocycles. The van der Waals surface area contributed by atoms with Gasteiger partial charge < -0.3 is 5.73 Å². The summed E-state index contributed by atoms with van der Waals surface area (Å²) in [6.45, 7) is 2.18. The molecular weight excluding hydrogens is 118 g/mol. The lowest BCUT2D eigenvalue weighted by molar-refractivity contribution is 0.656. The number of thiol groups is 1. The van der Waals surface area contributed by atoms with E-state index in [1.807, 2.05) is 0 Å². The highest BCUT2D eigenvalue weighted by molar-refractivity contribution is 7.80. The van der Waals surface area contributed by atoms with Gasteiger partial charge in [0.05, 0.1) is 0 Å². The van der Waals surface area contributed by atoms with Crippen LogP contribution >= 0.6 is 12.6 Å². The first-order valence-electron chi connectivity index (χ1n) is 3.21. The normalized spacial score (nSPS) is 13.9. The third kappa shape index (κ3) is 6.31. The third-order valence-electron chi connectivity index (χ3n) is 1.10. The molecule has 0 saturated carbocycles. The second kappa shape index (κ2) is 5.45. The maximum absolute atomic E-state index is 5.40. The van der Waals surface area contributed by atoms with Crippen LogP contribution in [0.3, 0.4) is 0 Å². The second-order valence-electron chi connectivity index (χ2n) is 2.06. The zero-order valence-corrected chi connectivity index (χ0v) is 6.32. The monoisotopic (exact) mass is 133 g/mol. The van der Waals surface area contributed by atoms with Crippen molar-refractivity contribution in [3.63, 3.8) is 0 Å². The standard InChI is InChI=1S/C6H15NS/c1-2-3-4-5-6(7)8/h6,8H,2-5,7H2,1H3. The van der Waals surface area contributed by atoms with Crippen LogP contribution in [0, 0.1) is 0 Å². The Labute approximate surface area is 57.1 Å². The Hall–Kier alpha value is 0.310. The van der Waals surface area contributed by atoms with Crippen LogP contribution in [0.4, 0.5) is 0 Å². The van der Waals surface area contributed by atoms with E-state index >= 15 is 0 Å². The van der Waals surface area contributed by atoms with Gasteiger partial charge >= 0.3 is 0 Å². The van der Waals surface area contributed by atoms with Crippen LogP contribution in [0.1, 0.15) is 32.6 Å². The summed E-state index contributed by atoms with van der Waals surface area (Å²) in [5, 5.41) is 0.0987. The van der Waals surface area contributed by atoms with E-state index in [1.165, 1.54) is 19.3 Å². The number of rotatable bonds is 4. The van der Waals surface area contributed by atoms with E-state index in [-0.39, 0.29) is 5.37 Å². The van der Waals surface area contributed by atoms with Gasteiger partial charge in [0, 0.05) is 5.37 Å². The minimum Gasteiger partial charge on any atom is -0.320 e. The molecule has 0 aromatic carbocycles. The molecule has 0 aromatic rings. The Balaban J connectivity index is 2.72. The van der Waals surface area contributed by atoms with Crippen LogP contribution < -0.4 is 5.73 Å². The van der Waals surface area contributed by atoms with E-state index in [2.05, 4.69) is 19.6 Å². The van der Waals surface area contributed by atoms with Crippen molar-refractivity contribution in [1.82, 2.24) is 0 Å². The summed E-state index contributed by atoms with van der Waals surface area (Å²) in [6.07, 6.45) is 4.83. The molecule has 50 valence electrons. The molecule has 0 aliphatic rings. The Morgan fingerprint density at radius 2 is 2.12 bits per heavy atom. The van der Waals surface area contributed by atoms with Crippen molar-refractivity contribution in [3.8, 4) is 0 Å². The SMILES string of the molecule is CCCCCC(N)S. The molecule has 0 rings (SSSR count). The topological polar surface area (TPSA) is 26.0 Å². The predicted molar refractivity (Wildman–Crippen MR) is 41.1 cm³/mol. The van der Waals surface area contributed by atoms with Gasteiger partial charge in [0.2, 0.25) is 0 Å². The maximum Gasteiger partial charge on any atom is 0.0477 e. The van der Waals surface area contributed by atoms with E-state index in [0.717, 1.165) is 6.42 Å². The minimum atomic E-state index is 0.0987. The smallest absolute Gasteiger partial charge is 0.0477 e. The van der Waals surface area contributed by atoms with E-state index in [4.69, 9.17) is 5.73 Å². The highest BCUT2D eigenvalue weighted by Gasteiger charge is 1.91. The first-order chi connectivity index (χ1) is 3.77. The van der Waals surface area contributed by atoms with Crippen LogP contribution in [0.5, 0.6) is 0 Å². The van der Waals surface area contributed by atoms with Crippen LogP contribution in [-0.4, -0.2) is 5.37 Å². The molecule has 0 radical (unpaired) electrons. The Bertz CT molecular complexity index is 45.8. The molecule has 0 fully saturated rings. The third-order valence-corrected chi connectivity index (χ3v) is 1.36. The lowest BCUT2D eigenvalue weighted by Crippen LogP contribution is -2.10. The Kier molecular flexibility index (Phi) is 5.66. The summed E-state index contributed by atoms with van der Waals surface area (Å²) in [6, 6.07) is 0. The highest BCUT2D eigenvalue weighted by atomic mass is 32.1. The van der Waals surface area contributed by atoms with E-state index in [0.29, 0.717) is 0 Å². The van der Waals surface area contributed by atoms with Gasteiger partial charge in [-0.05, 0) is 6.42 Å². The zero-order valence-electron chi connectivity index (χ0n) is 5.43. The van der Waals surface area contributed by atoms with Gasteiger partial charge in [0.15, 0.2) is 0 Å². The van der Waals surface area contributed by atoms with Gasteiger partial charge in [-0.3, -0.25) is 0 Å². The van der Waals surface area contributed by atoms with Crippen molar-refractivity contribution in [1.29, 1.82) is 0 Å². The van der Waals surface area contributed by atoms with Gasteiger partial charge in [0.25, 0.3) is 0 Å². The molecule has 0 aliphatic heterocycles. The van der Waals surface area contributed by atoms with Gasteiger partial charge in [-0.1, -0.05) is 26.2 Å². The number of unbranched alkanes of at least 4 members (excludes halogenated alkanes) is 2. The van der Waals surface area contributed by atoms with E-state index in [1.54, 1.807) is 0 Å². The molecular formula is C6H15NS. The molecule has 2 N–H and O–H groups in total. The summed E-state index contributed by atoms with van der Waals surface area (Å²) in [5.41, 5.74) is 5.40. The number of hydrogen-bond acceptors (Lipinski definition) is 2. The Morgan fingerprint density at radius 3 is 2.50 bits per heavy atom. The summed E-state index contributed by atoms with van der Waals surface area (Å²) in [7, 11) is 0. The highest BCUT2D eigenvalue weighted by Crippen LogP contribution is 2.02. The van der Waals surface area contributed by atoms with E-state index in [9.17, 15) is 0 Å². The first-order valence-corrected chi connectivity index (χ1v) is 3.72. The zero-order chi connectivity index (χ0) is 6.41. The molecule has 0 bridgehead atoms. The molecule has 1 nitrogen and oxygen atoms in total.